The SMILES string of the molecule is Cc1cccc(OCC(=O)N(Cc2ccccc2F)C(Cc2ccccc2)C(=O)NC(C)(C)C)c1. The average Bonchev–Trinajstić information content (AvgIpc) is 2.80. The van der Waals surface area contributed by atoms with E-state index in [1.165, 1.54) is 11.0 Å². The standard InChI is InChI=1S/C29H33FN2O3/c1-21-11-10-15-24(17-21)35-20-27(33)32(19-23-14-8-9-16-25(23)30)26(28(34)31-29(2,3)4)18-22-12-6-5-7-13-22/h5-17,26H,18-20H2,1-4H3,(H,31,34). The van der Waals surface area contributed by atoms with Crippen LogP contribution in [0.2, 0.25) is 0 Å². The van der Waals surface area contributed by atoms with Crippen LogP contribution >= 0.6 is 0 Å². The average molecular weight is 477 g/mol. The van der Waals surface area contributed by atoms with Crippen molar-refractivity contribution in [1.82, 2.24) is 10.2 Å². The smallest absolute Gasteiger partial charge is 0.261 e. The van der Waals surface area contributed by atoms with Gasteiger partial charge in [0.1, 0.15) is 17.6 Å². The highest BCUT2D eigenvalue weighted by atomic mass is 19.1. The number of aryl methyl sites for hydroxylation is 1. The minimum absolute atomic E-state index is 0.0578. The zero-order valence-corrected chi connectivity index (χ0v) is 20.8. The number of hydrogen-bond donors (Lipinski definition) is 1. The molecule has 0 aromatic heterocycles. The van der Waals surface area contributed by atoms with Gasteiger partial charge < -0.3 is 15.0 Å². The normalized spacial score (nSPS) is 12.0. The molecule has 1 N–H and O–H groups in total. The monoisotopic (exact) mass is 476 g/mol. The van der Waals surface area contributed by atoms with Crippen molar-refractivity contribution in [2.24, 2.45) is 0 Å². The van der Waals surface area contributed by atoms with Crippen molar-refractivity contribution in [3.63, 3.8) is 0 Å². The molecule has 3 rings (SSSR count). The summed E-state index contributed by atoms with van der Waals surface area (Å²) < 4.78 is 20.4. The molecule has 0 saturated carbocycles. The number of amides is 2. The van der Waals surface area contributed by atoms with Crippen molar-refractivity contribution < 1.29 is 18.7 Å². The van der Waals surface area contributed by atoms with Crippen LogP contribution in [0, 0.1) is 12.7 Å². The molecule has 0 heterocycles. The lowest BCUT2D eigenvalue weighted by molar-refractivity contribution is -0.143. The van der Waals surface area contributed by atoms with Gasteiger partial charge in [0.2, 0.25) is 5.91 Å². The minimum Gasteiger partial charge on any atom is -0.484 e. The van der Waals surface area contributed by atoms with Gasteiger partial charge in [0.05, 0.1) is 0 Å². The van der Waals surface area contributed by atoms with Gasteiger partial charge in [0.25, 0.3) is 5.91 Å². The van der Waals surface area contributed by atoms with Gasteiger partial charge >= 0.3 is 0 Å². The molecule has 5 nitrogen and oxygen atoms in total. The van der Waals surface area contributed by atoms with Crippen molar-refractivity contribution in [3.05, 3.63) is 101 Å². The highest BCUT2D eigenvalue weighted by molar-refractivity contribution is 5.89. The Morgan fingerprint density at radius 1 is 0.971 bits per heavy atom. The summed E-state index contributed by atoms with van der Waals surface area (Å²) in [6.45, 7) is 7.26. The zero-order valence-electron chi connectivity index (χ0n) is 20.8. The summed E-state index contributed by atoms with van der Waals surface area (Å²) in [5.41, 5.74) is 1.73. The van der Waals surface area contributed by atoms with E-state index in [9.17, 15) is 14.0 Å². The molecule has 0 fully saturated rings. The Bertz CT molecular complexity index is 1140. The summed E-state index contributed by atoms with van der Waals surface area (Å²) in [6, 6.07) is 22.3. The van der Waals surface area contributed by atoms with E-state index in [0.717, 1.165) is 11.1 Å². The first-order valence-corrected chi connectivity index (χ1v) is 11.7. The van der Waals surface area contributed by atoms with Gasteiger partial charge in [-0.25, -0.2) is 4.39 Å². The van der Waals surface area contributed by atoms with Gasteiger partial charge in [-0.1, -0.05) is 60.7 Å². The van der Waals surface area contributed by atoms with Gasteiger partial charge in [-0.15, -0.1) is 0 Å². The Labute approximate surface area is 206 Å². The molecule has 0 bridgehead atoms. The van der Waals surface area contributed by atoms with Crippen LogP contribution in [-0.2, 0) is 22.6 Å². The summed E-state index contributed by atoms with van der Waals surface area (Å²) in [5, 5.41) is 2.99. The summed E-state index contributed by atoms with van der Waals surface area (Å²) >= 11 is 0. The predicted molar refractivity (Wildman–Crippen MR) is 135 cm³/mol. The highest BCUT2D eigenvalue weighted by Gasteiger charge is 2.32. The molecule has 0 spiro atoms. The molecule has 2 amide bonds. The molecule has 0 aliphatic rings. The summed E-state index contributed by atoms with van der Waals surface area (Å²) in [6.07, 6.45) is 0.285. The molecule has 0 aliphatic carbocycles. The molecule has 0 saturated heterocycles. The first kappa shape index (κ1) is 25.9. The Morgan fingerprint density at radius 3 is 2.31 bits per heavy atom. The number of ether oxygens (including phenoxy) is 1. The molecule has 0 radical (unpaired) electrons. The first-order valence-electron chi connectivity index (χ1n) is 11.7. The maximum atomic E-state index is 14.6. The fourth-order valence-electron chi connectivity index (χ4n) is 3.75. The van der Waals surface area contributed by atoms with E-state index in [4.69, 9.17) is 4.74 Å². The third-order valence-corrected chi connectivity index (χ3v) is 5.42. The number of hydrogen-bond acceptors (Lipinski definition) is 3. The number of carbonyl (C=O) groups is 2. The Balaban J connectivity index is 1.94. The van der Waals surface area contributed by atoms with E-state index in [-0.39, 0.29) is 25.5 Å². The summed E-state index contributed by atoms with van der Waals surface area (Å²) in [4.78, 5) is 28.4. The maximum Gasteiger partial charge on any atom is 0.261 e. The van der Waals surface area contributed by atoms with Gasteiger partial charge in [-0.05, 0) is 57.0 Å². The number of benzene rings is 3. The topological polar surface area (TPSA) is 58.6 Å². The largest absolute Gasteiger partial charge is 0.484 e. The Hall–Kier alpha value is -3.67. The van der Waals surface area contributed by atoms with Crippen LogP contribution in [0.25, 0.3) is 0 Å². The number of halogens is 1. The second kappa shape index (κ2) is 11.6. The van der Waals surface area contributed by atoms with E-state index in [1.807, 2.05) is 76.2 Å². The molecular weight excluding hydrogens is 443 g/mol. The quantitative estimate of drug-likeness (QED) is 0.469. The molecule has 3 aromatic rings. The lowest BCUT2D eigenvalue weighted by Crippen LogP contribution is -2.55. The van der Waals surface area contributed by atoms with E-state index in [2.05, 4.69) is 5.32 Å². The van der Waals surface area contributed by atoms with Crippen LogP contribution in [0.15, 0.2) is 78.9 Å². The number of rotatable bonds is 9. The van der Waals surface area contributed by atoms with E-state index in [1.54, 1.807) is 24.3 Å². The summed E-state index contributed by atoms with van der Waals surface area (Å²) in [5.74, 6) is -0.580. The molecule has 1 atom stereocenters. The Morgan fingerprint density at radius 2 is 1.66 bits per heavy atom. The van der Waals surface area contributed by atoms with Gasteiger partial charge in [-0.2, -0.15) is 0 Å². The van der Waals surface area contributed by atoms with Gasteiger partial charge in [-0.3, -0.25) is 9.59 Å². The second-order valence-electron chi connectivity index (χ2n) is 9.66. The van der Waals surface area contributed by atoms with Crippen LogP contribution < -0.4 is 10.1 Å². The van der Waals surface area contributed by atoms with Crippen LogP contribution in [0.3, 0.4) is 0 Å². The van der Waals surface area contributed by atoms with Gasteiger partial charge in [0, 0.05) is 24.1 Å². The van der Waals surface area contributed by atoms with E-state index in [0.29, 0.717) is 11.3 Å². The molecule has 184 valence electrons. The summed E-state index contributed by atoms with van der Waals surface area (Å²) in [7, 11) is 0. The van der Waals surface area contributed by atoms with Crippen molar-refractivity contribution in [1.29, 1.82) is 0 Å². The van der Waals surface area contributed by atoms with E-state index >= 15 is 0 Å². The second-order valence-corrected chi connectivity index (χ2v) is 9.66. The van der Waals surface area contributed by atoms with Crippen LogP contribution in [0.1, 0.15) is 37.5 Å². The van der Waals surface area contributed by atoms with Crippen LogP contribution in [-0.4, -0.2) is 34.9 Å². The third-order valence-electron chi connectivity index (χ3n) is 5.42. The van der Waals surface area contributed by atoms with E-state index < -0.39 is 23.3 Å². The lowest BCUT2D eigenvalue weighted by Gasteiger charge is -2.33. The molecular formula is C29H33FN2O3. The molecule has 35 heavy (non-hydrogen) atoms. The fraction of sp³-hybridized carbons (Fsp3) is 0.310. The van der Waals surface area contributed by atoms with Gasteiger partial charge in [0.15, 0.2) is 6.61 Å². The highest BCUT2D eigenvalue weighted by Crippen LogP contribution is 2.19. The maximum absolute atomic E-state index is 14.6. The van der Waals surface area contributed by atoms with Crippen molar-refractivity contribution in [2.75, 3.05) is 6.61 Å². The molecule has 1 unspecified atom stereocenters. The number of carbonyl (C=O) groups excluding carboxylic acids is 2. The molecule has 3 aromatic carbocycles. The van der Waals surface area contributed by atoms with Crippen LogP contribution in [0.4, 0.5) is 4.39 Å². The minimum atomic E-state index is -0.857. The lowest BCUT2D eigenvalue weighted by atomic mass is 10.0. The molecule has 0 aliphatic heterocycles. The Kier molecular flexibility index (Phi) is 8.63. The fourth-order valence-corrected chi connectivity index (χ4v) is 3.75. The number of nitrogens with zero attached hydrogens (tertiary/aromatic N) is 1. The zero-order chi connectivity index (χ0) is 25.4. The predicted octanol–water partition coefficient (Wildman–Crippen LogP) is 5.07. The third kappa shape index (κ3) is 7.95. The molecule has 6 heteroatoms. The van der Waals surface area contributed by atoms with Crippen molar-refractivity contribution in [3.8, 4) is 5.75 Å². The number of nitrogens with one attached hydrogen (secondary N) is 1. The first-order chi connectivity index (χ1) is 16.6. The van der Waals surface area contributed by atoms with Crippen LogP contribution in [0.5, 0.6) is 5.75 Å². The van der Waals surface area contributed by atoms with Crippen molar-refractivity contribution in [2.45, 2.75) is 52.2 Å². The van der Waals surface area contributed by atoms with Crippen molar-refractivity contribution >= 4 is 11.8 Å².